The van der Waals surface area contributed by atoms with Gasteiger partial charge in [-0.2, -0.15) is 0 Å². The van der Waals surface area contributed by atoms with Gasteiger partial charge in [0.25, 0.3) is 11.0 Å². The van der Waals surface area contributed by atoms with Crippen molar-refractivity contribution in [1.29, 1.82) is 0 Å². The number of nitrogens with one attached hydrogen (secondary N) is 1. The number of hydrogen-bond donors (Lipinski definition) is 2. The number of amides is 2. The second-order valence-corrected chi connectivity index (χ2v) is 10.9. The number of nitrogens with zero attached hydrogens (tertiary/aromatic N) is 2. The highest BCUT2D eigenvalue weighted by Gasteiger charge is 2.22. The van der Waals surface area contributed by atoms with Gasteiger partial charge in [-0.1, -0.05) is 39.3 Å². The first-order valence-corrected chi connectivity index (χ1v) is 14.1. The third-order valence-electron chi connectivity index (χ3n) is 5.30. The molecule has 11 nitrogen and oxygen atoms in total. The largest absolute Gasteiger partial charge is 0.448 e. The summed E-state index contributed by atoms with van der Waals surface area (Å²) in [6.45, 7) is 1.48. The molecule has 0 aliphatic carbocycles. The van der Waals surface area contributed by atoms with E-state index in [-0.39, 0.29) is 32.1 Å². The van der Waals surface area contributed by atoms with Crippen molar-refractivity contribution >= 4 is 62.0 Å². The number of aromatic nitrogens is 1. The Kier molecular flexibility index (Phi) is 10.8. The molecule has 0 bridgehead atoms. The Bertz CT molecular complexity index is 1330. The summed E-state index contributed by atoms with van der Waals surface area (Å²) >= 11 is 5.95. The Morgan fingerprint density at radius 2 is 1.79 bits per heavy atom. The minimum absolute atomic E-state index is 0.0284. The molecule has 0 aliphatic heterocycles. The van der Waals surface area contributed by atoms with E-state index in [0.717, 1.165) is 0 Å². The Morgan fingerprint density at radius 1 is 1.11 bits per heavy atom. The van der Waals surface area contributed by atoms with Crippen molar-refractivity contribution in [2.24, 2.45) is 0 Å². The number of fused-ring (bicyclic) bond motifs is 1. The van der Waals surface area contributed by atoms with E-state index < -0.39 is 17.1 Å². The number of alkyl carbamates (subject to hydrolysis) is 1. The molecule has 0 saturated carbocycles. The molecule has 38 heavy (non-hydrogen) atoms. The molecular weight excluding hydrogens is 558 g/mol. The minimum Gasteiger partial charge on any atom is -0.448 e. The van der Waals surface area contributed by atoms with Gasteiger partial charge in [0.15, 0.2) is 0 Å². The highest BCUT2D eigenvalue weighted by atomic mass is 35.5. The number of ether oxygens (including phenoxy) is 1. The molecule has 0 aliphatic rings. The fraction of sp³-hybridized carbons (Fsp3) is 0.292. The van der Waals surface area contributed by atoms with Crippen molar-refractivity contribution in [2.75, 3.05) is 24.7 Å². The topological polar surface area (TPSA) is 150 Å². The van der Waals surface area contributed by atoms with E-state index in [4.69, 9.17) is 16.3 Å². The van der Waals surface area contributed by atoms with Crippen molar-refractivity contribution in [3.05, 3.63) is 80.0 Å². The standard InChI is InChI=1S/C24H24ClN3O8S2/c1-15-19(13-22(30)26-24(32)35-8-10-37-38-11-9-36-28(33)34)20-12-16(14-29)2-7-21(20)27(15)23(31)17-3-5-18(25)6-4-17/h2-7,12,29H,8-11,13-14H2,1H3,(H,26,30,32). The first-order valence-electron chi connectivity index (χ1n) is 11.2. The van der Waals surface area contributed by atoms with Crippen molar-refractivity contribution in [1.82, 2.24) is 9.88 Å². The molecule has 14 heteroatoms. The zero-order chi connectivity index (χ0) is 27.7. The van der Waals surface area contributed by atoms with E-state index in [1.54, 1.807) is 49.4 Å². The average molecular weight is 582 g/mol. The molecule has 2 amide bonds. The van der Waals surface area contributed by atoms with Crippen LogP contribution in [0, 0.1) is 17.0 Å². The highest BCUT2D eigenvalue weighted by molar-refractivity contribution is 8.76. The van der Waals surface area contributed by atoms with Gasteiger partial charge in [0, 0.05) is 33.2 Å². The molecule has 3 rings (SSSR count). The number of carbonyl (C=O) groups excluding carboxylic acids is 3. The maximum atomic E-state index is 13.3. The number of carbonyl (C=O) groups is 3. The highest BCUT2D eigenvalue weighted by Crippen LogP contribution is 2.29. The Balaban J connectivity index is 1.65. The summed E-state index contributed by atoms with van der Waals surface area (Å²) in [6, 6.07) is 11.6. The van der Waals surface area contributed by atoms with Gasteiger partial charge in [0.2, 0.25) is 5.91 Å². The predicted molar refractivity (Wildman–Crippen MR) is 145 cm³/mol. The summed E-state index contributed by atoms with van der Waals surface area (Å²) in [5.41, 5.74) is 2.62. The molecular formula is C24H24ClN3O8S2. The maximum absolute atomic E-state index is 13.3. The quantitative estimate of drug-likeness (QED) is 0.138. The van der Waals surface area contributed by atoms with Gasteiger partial charge < -0.3 is 14.7 Å². The van der Waals surface area contributed by atoms with Crippen molar-refractivity contribution in [2.45, 2.75) is 20.0 Å². The lowest BCUT2D eigenvalue weighted by molar-refractivity contribution is -0.756. The Morgan fingerprint density at radius 3 is 2.45 bits per heavy atom. The molecule has 1 aromatic heterocycles. The smallest absolute Gasteiger partial charge is 0.413 e. The lowest BCUT2D eigenvalue weighted by Gasteiger charge is -2.08. The maximum Gasteiger partial charge on any atom is 0.413 e. The number of halogens is 1. The van der Waals surface area contributed by atoms with Crippen LogP contribution in [0.4, 0.5) is 4.79 Å². The number of imide groups is 1. The summed E-state index contributed by atoms with van der Waals surface area (Å²) in [5.74, 6) is -0.132. The SMILES string of the molecule is Cc1c(CC(=O)NC(=O)OCCSSCCO[N+](=O)[O-])c2cc(CO)ccc2n1C(=O)c1ccc(Cl)cc1. The Hall–Kier alpha value is -3.26. The van der Waals surface area contributed by atoms with Crippen LogP contribution >= 0.6 is 33.2 Å². The normalized spacial score (nSPS) is 10.8. The molecule has 0 saturated heterocycles. The van der Waals surface area contributed by atoms with Crippen LogP contribution < -0.4 is 5.32 Å². The van der Waals surface area contributed by atoms with E-state index in [2.05, 4.69) is 10.2 Å². The van der Waals surface area contributed by atoms with Gasteiger partial charge >= 0.3 is 6.09 Å². The van der Waals surface area contributed by atoms with Gasteiger partial charge in [-0.3, -0.25) is 19.5 Å². The summed E-state index contributed by atoms with van der Waals surface area (Å²) in [7, 11) is 2.67. The van der Waals surface area contributed by atoms with Crippen LogP contribution in [-0.2, 0) is 27.4 Å². The summed E-state index contributed by atoms with van der Waals surface area (Å²) in [5, 5.41) is 22.1. The van der Waals surface area contributed by atoms with Crippen molar-refractivity contribution < 1.29 is 34.2 Å². The summed E-state index contributed by atoms with van der Waals surface area (Å²) < 4.78 is 6.50. The minimum atomic E-state index is -0.910. The van der Waals surface area contributed by atoms with Crippen LogP contribution in [0.3, 0.4) is 0 Å². The molecule has 2 aromatic carbocycles. The van der Waals surface area contributed by atoms with E-state index in [1.807, 2.05) is 0 Å². The number of rotatable bonds is 12. The summed E-state index contributed by atoms with van der Waals surface area (Å²) in [6.07, 6.45) is -1.11. The number of aliphatic hydroxyl groups is 1. The second kappa shape index (κ2) is 14.0. The molecule has 0 atom stereocenters. The number of benzene rings is 2. The first-order chi connectivity index (χ1) is 18.2. The lowest BCUT2D eigenvalue weighted by Crippen LogP contribution is -2.32. The Labute approximate surface area is 230 Å². The van der Waals surface area contributed by atoms with Gasteiger partial charge in [-0.15, -0.1) is 10.1 Å². The second-order valence-electron chi connectivity index (χ2n) is 7.78. The molecule has 0 spiro atoms. The molecule has 0 radical (unpaired) electrons. The van der Waals surface area contributed by atoms with Gasteiger partial charge in [-0.05, 0) is 54.4 Å². The van der Waals surface area contributed by atoms with E-state index in [9.17, 15) is 29.6 Å². The fourth-order valence-electron chi connectivity index (χ4n) is 3.62. The average Bonchev–Trinajstić information content (AvgIpc) is 3.15. The predicted octanol–water partition coefficient (Wildman–Crippen LogP) is 4.17. The number of hydrogen-bond acceptors (Lipinski definition) is 10. The molecule has 3 aromatic rings. The number of aliphatic hydroxyl groups excluding tert-OH is 1. The van der Waals surface area contributed by atoms with Crippen LogP contribution in [0.1, 0.15) is 27.2 Å². The van der Waals surface area contributed by atoms with Crippen LogP contribution in [0.2, 0.25) is 5.02 Å². The zero-order valence-electron chi connectivity index (χ0n) is 20.2. The van der Waals surface area contributed by atoms with E-state index in [0.29, 0.717) is 49.8 Å². The summed E-state index contributed by atoms with van der Waals surface area (Å²) in [4.78, 5) is 52.3. The van der Waals surface area contributed by atoms with Gasteiger partial charge in [-0.25, -0.2) is 4.79 Å². The van der Waals surface area contributed by atoms with Gasteiger partial charge in [0.1, 0.15) is 13.2 Å². The molecule has 2 N–H and O–H groups in total. The van der Waals surface area contributed by atoms with E-state index in [1.165, 1.54) is 26.2 Å². The van der Waals surface area contributed by atoms with Crippen molar-refractivity contribution in [3.63, 3.8) is 0 Å². The first kappa shape index (κ1) is 29.3. The zero-order valence-corrected chi connectivity index (χ0v) is 22.6. The van der Waals surface area contributed by atoms with Crippen LogP contribution in [0.25, 0.3) is 10.9 Å². The lowest BCUT2D eigenvalue weighted by atomic mass is 10.1. The molecule has 1 heterocycles. The fourth-order valence-corrected chi connectivity index (χ4v) is 5.39. The van der Waals surface area contributed by atoms with Gasteiger partial charge in [0.05, 0.1) is 18.5 Å². The molecule has 202 valence electrons. The van der Waals surface area contributed by atoms with Crippen LogP contribution in [0.5, 0.6) is 0 Å². The molecule has 0 fully saturated rings. The monoisotopic (exact) mass is 581 g/mol. The van der Waals surface area contributed by atoms with E-state index >= 15 is 0 Å². The third-order valence-corrected chi connectivity index (χ3v) is 7.89. The van der Waals surface area contributed by atoms with Crippen LogP contribution in [-0.4, -0.2) is 57.4 Å². The van der Waals surface area contributed by atoms with Crippen LogP contribution in [0.15, 0.2) is 42.5 Å². The third kappa shape index (κ3) is 7.87. The van der Waals surface area contributed by atoms with Crippen molar-refractivity contribution in [3.8, 4) is 0 Å². The molecule has 0 unspecified atom stereocenters.